The predicted molar refractivity (Wildman–Crippen MR) is 70.2 cm³/mol. The summed E-state index contributed by atoms with van der Waals surface area (Å²) in [4.78, 5) is 6.85. The Morgan fingerprint density at radius 2 is 2.35 bits per heavy atom. The molecule has 0 radical (unpaired) electrons. The van der Waals surface area contributed by atoms with Crippen molar-refractivity contribution in [2.24, 2.45) is 0 Å². The monoisotopic (exact) mass is 235 g/mol. The zero-order valence-corrected chi connectivity index (χ0v) is 10.6. The van der Waals surface area contributed by atoms with Gasteiger partial charge in [0, 0.05) is 19.7 Å². The molecule has 0 spiro atoms. The first-order chi connectivity index (χ1) is 8.20. The Hall–Kier alpha value is -1.29. The van der Waals surface area contributed by atoms with Crippen molar-refractivity contribution in [3.63, 3.8) is 0 Å². The fourth-order valence-electron chi connectivity index (χ4n) is 2.08. The van der Waals surface area contributed by atoms with E-state index in [1.807, 2.05) is 19.1 Å². The van der Waals surface area contributed by atoms with Gasteiger partial charge in [-0.3, -0.25) is 0 Å². The number of ether oxygens (including phenoxy) is 1. The zero-order chi connectivity index (χ0) is 12.3. The highest BCUT2D eigenvalue weighted by molar-refractivity contribution is 5.50. The molecule has 1 fully saturated rings. The van der Waals surface area contributed by atoms with E-state index in [1.165, 1.54) is 0 Å². The summed E-state index contributed by atoms with van der Waals surface area (Å²) in [5.74, 6) is 1.01. The van der Waals surface area contributed by atoms with Crippen LogP contribution in [0.25, 0.3) is 0 Å². The highest BCUT2D eigenvalue weighted by Gasteiger charge is 2.18. The van der Waals surface area contributed by atoms with Crippen molar-refractivity contribution in [1.29, 1.82) is 0 Å². The maximum atomic E-state index is 5.80. The van der Waals surface area contributed by atoms with Crippen molar-refractivity contribution in [3.05, 3.63) is 17.8 Å². The highest BCUT2D eigenvalue weighted by Crippen LogP contribution is 2.19. The Morgan fingerprint density at radius 1 is 1.53 bits per heavy atom. The van der Waals surface area contributed by atoms with Gasteiger partial charge in [0.1, 0.15) is 5.82 Å². The van der Waals surface area contributed by atoms with E-state index in [0.717, 1.165) is 49.7 Å². The van der Waals surface area contributed by atoms with Gasteiger partial charge in [-0.05, 0) is 31.9 Å². The lowest BCUT2D eigenvalue weighted by molar-refractivity contribution is 0.0664. The summed E-state index contributed by atoms with van der Waals surface area (Å²) >= 11 is 0. The first-order valence-corrected chi connectivity index (χ1v) is 6.30. The number of nitrogens with two attached hydrogens (primary N) is 1. The van der Waals surface area contributed by atoms with Crippen molar-refractivity contribution in [3.8, 4) is 0 Å². The maximum absolute atomic E-state index is 5.80. The molecule has 1 aromatic heterocycles. The molecule has 0 amide bonds. The van der Waals surface area contributed by atoms with Crippen LogP contribution in [0.1, 0.15) is 25.5 Å². The first kappa shape index (κ1) is 12.2. The van der Waals surface area contributed by atoms with E-state index >= 15 is 0 Å². The van der Waals surface area contributed by atoms with Crippen LogP contribution in [0, 0.1) is 6.92 Å². The van der Waals surface area contributed by atoms with E-state index in [4.69, 9.17) is 10.5 Å². The molecule has 1 unspecified atom stereocenters. The summed E-state index contributed by atoms with van der Waals surface area (Å²) in [7, 11) is 0. The van der Waals surface area contributed by atoms with Crippen molar-refractivity contribution < 1.29 is 4.74 Å². The summed E-state index contributed by atoms with van der Waals surface area (Å²) in [5.41, 5.74) is 7.46. The Bertz CT molecular complexity index is 381. The Morgan fingerprint density at radius 3 is 3.06 bits per heavy atom. The van der Waals surface area contributed by atoms with E-state index in [-0.39, 0.29) is 0 Å². The van der Waals surface area contributed by atoms with E-state index in [9.17, 15) is 0 Å². The lowest BCUT2D eigenvalue weighted by Gasteiger charge is -2.24. The molecular weight excluding hydrogens is 214 g/mol. The van der Waals surface area contributed by atoms with Crippen LogP contribution in [0.4, 0.5) is 11.5 Å². The SMILES string of the molecule is CCC1CN(c2ccc(N)c(C)n2)CCCO1. The normalized spacial score (nSPS) is 21.3. The van der Waals surface area contributed by atoms with Crippen molar-refractivity contribution in [2.45, 2.75) is 32.8 Å². The van der Waals surface area contributed by atoms with Crippen LogP contribution in [0.15, 0.2) is 12.1 Å². The third-order valence-corrected chi connectivity index (χ3v) is 3.24. The zero-order valence-electron chi connectivity index (χ0n) is 10.6. The van der Waals surface area contributed by atoms with E-state index < -0.39 is 0 Å². The first-order valence-electron chi connectivity index (χ1n) is 6.30. The van der Waals surface area contributed by atoms with Gasteiger partial charge in [-0.15, -0.1) is 0 Å². The predicted octanol–water partition coefficient (Wildman–Crippen LogP) is 1.98. The van der Waals surface area contributed by atoms with Crippen molar-refractivity contribution in [1.82, 2.24) is 4.98 Å². The molecular formula is C13H21N3O. The lowest BCUT2D eigenvalue weighted by Crippen LogP contribution is -2.32. The van der Waals surface area contributed by atoms with Crippen LogP contribution in [0.5, 0.6) is 0 Å². The minimum absolute atomic E-state index is 0.317. The quantitative estimate of drug-likeness (QED) is 0.851. The van der Waals surface area contributed by atoms with Crippen LogP contribution in [0.2, 0.25) is 0 Å². The Kier molecular flexibility index (Phi) is 3.84. The minimum atomic E-state index is 0.317. The second-order valence-corrected chi connectivity index (χ2v) is 4.54. The smallest absolute Gasteiger partial charge is 0.129 e. The van der Waals surface area contributed by atoms with Crippen molar-refractivity contribution in [2.75, 3.05) is 30.3 Å². The molecule has 2 N–H and O–H groups in total. The molecule has 1 atom stereocenters. The summed E-state index contributed by atoms with van der Waals surface area (Å²) in [6.45, 7) is 6.89. The summed E-state index contributed by atoms with van der Waals surface area (Å²) in [5, 5.41) is 0. The fourth-order valence-corrected chi connectivity index (χ4v) is 2.08. The Balaban J connectivity index is 2.16. The van der Waals surface area contributed by atoms with E-state index in [1.54, 1.807) is 0 Å². The fraction of sp³-hybridized carbons (Fsp3) is 0.615. The molecule has 4 heteroatoms. The number of rotatable bonds is 2. The van der Waals surface area contributed by atoms with Gasteiger partial charge in [-0.1, -0.05) is 6.92 Å². The highest BCUT2D eigenvalue weighted by atomic mass is 16.5. The number of hydrogen-bond acceptors (Lipinski definition) is 4. The summed E-state index contributed by atoms with van der Waals surface area (Å²) in [6, 6.07) is 3.94. The van der Waals surface area contributed by atoms with E-state index in [0.29, 0.717) is 6.10 Å². The van der Waals surface area contributed by atoms with E-state index in [2.05, 4.69) is 16.8 Å². The molecule has 1 aromatic rings. The van der Waals surface area contributed by atoms with Gasteiger partial charge in [-0.25, -0.2) is 4.98 Å². The molecule has 94 valence electrons. The molecule has 2 heterocycles. The largest absolute Gasteiger partial charge is 0.397 e. The van der Waals surface area contributed by atoms with Crippen molar-refractivity contribution >= 4 is 11.5 Å². The maximum Gasteiger partial charge on any atom is 0.129 e. The van der Waals surface area contributed by atoms with Gasteiger partial charge in [0.2, 0.25) is 0 Å². The van der Waals surface area contributed by atoms with Gasteiger partial charge in [-0.2, -0.15) is 0 Å². The lowest BCUT2D eigenvalue weighted by atomic mass is 10.2. The molecule has 1 aliphatic heterocycles. The standard InChI is InChI=1S/C13H21N3O/c1-3-11-9-16(7-4-8-17-11)13-6-5-12(14)10(2)15-13/h5-6,11H,3-4,7-9,14H2,1-2H3. The van der Waals surface area contributed by atoms with Gasteiger partial charge in [0.25, 0.3) is 0 Å². The third kappa shape index (κ3) is 2.88. The van der Waals surface area contributed by atoms with Crippen LogP contribution in [-0.4, -0.2) is 30.8 Å². The molecule has 1 aliphatic rings. The van der Waals surface area contributed by atoms with Crippen LogP contribution >= 0.6 is 0 Å². The second-order valence-electron chi connectivity index (χ2n) is 4.54. The Labute approximate surface area is 103 Å². The molecule has 4 nitrogen and oxygen atoms in total. The van der Waals surface area contributed by atoms with Gasteiger partial charge >= 0.3 is 0 Å². The average molecular weight is 235 g/mol. The molecule has 0 bridgehead atoms. The minimum Gasteiger partial charge on any atom is -0.397 e. The number of hydrogen-bond donors (Lipinski definition) is 1. The van der Waals surface area contributed by atoms with Crippen LogP contribution in [0.3, 0.4) is 0 Å². The molecule has 0 aliphatic carbocycles. The molecule has 0 aromatic carbocycles. The molecule has 17 heavy (non-hydrogen) atoms. The van der Waals surface area contributed by atoms with Gasteiger partial charge < -0.3 is 15.4 Å². The summed E-state index contributed by atoms with van der Waals surface area (Å²) in [6.07, 6.45) is 2.42. The topological polar surface area (TPSA) is 51.4 Å². The number of nitrogen functional groups attached to an aromatic ring is 1. The van der Waals surface area contributed by atoms with Gasteiger partial charge in [0.15, 0.2) is 0 Å². The number of anilines is 2. The molecule has 0 saturated carbocycles. The third-order valence-electron chi connectivity index (χ3n) is 3.24. The number of aromatic nitrogens is 1. The van der Waals surface area contributed by atoms with Crippen LogP contribution in [-0.2, 0) is 4.74 Å². The van der Waals surface area contributed by atoms with Crippen LogP contribution < -0.4 is 10.6 Å². The number of nitrogens with zero attached hydrogens (tertiary/aromatic N) is 2. The second kappa shape index (κ2) is 5.36. The molecule has 1 saturated heterocycles. The number of pyridine rings is 1. The van der Waals surface area contributed by atoms with Gasteiger partial charge in [0.05, 0.1) is 17.5 Å². The average Bonchev–Trinajstić information content (AvgIpc) is 2.58. The summed E-state index contributed by atoms with van der Waals surface area (Å²) < 4.78 is 5.76. The number of aryl methyl sites for hydroxylation is 1. The molecule has 2 rings (SSSR count).